The van der Waals surface area contributed by atoms with Crippen LogP contribution in [-0.4, -0.2) is 184 Å². The highest BCUT2D eigenvalue weighted by molar-refractivity contribution is 6.17. The molecule has 6 saturated heterocycles. The highest BCUT2D eigenvalue weighted by Crippen LogP contribution is 2.57. The number of aliphatic hydroxyl groups excluding tert-OH is 3. The van der Waals surface area contributed by atoms with Gasteiger partial charge in [0.2, 0.25) is 0 Å². The van der Waals surface area contributed by atoms with Crippen molar-refractivity contribution in [3.8, 4) is 0 Å². The molecular formula is C63H93ClO19. The molecule has 18 fully saturated rings. The number of rotatable bonds is 14. The topological polar surface area (TPSA) is 232 Å². The molecule has 83 heavy (non-hydrogen) atoms. The number of carbonyl (C=O) groups excluding carboxylic acids is 3. The summed E-state index contributed by atoms with van der Waals surface area (Å²) in [7, 11) is 0. The first-order valence-corrected chi connectivity index (χ1v) is 31.8. The summed E-state index contributed by atoms with van der Waals surface area (Å²) in [4.78, 5) is 33.1. The largest absolute Gasteiger partial charge is 0.454 e. The number of hydrogen-bond donors (Lipinski definition) is 3. The molecule has 0 unspecified atom stereocenters. The highest BCUT2D eigenvalue weighted by atomic mass is 35.5. The van der Waals surface area contributed by atoms with Gasteiger partial charge in [0.1, 0.15) is 86.8 Å². The molecular weight excluding hydrogens is 1100 g/mol. The Labute approximate surface area is 494 Å². The van der Waals surface area contributed by atoms with Crippen LogP contribution >= 0.6 is 11.6 Å². The number of fused-ring (bicyclic) bond motifs is 3. The molecule has 19 nitrogen and oxygen atoms in total. The Hall–Kier alpha value is -2.44. The van der Waals surface area contributed by atoms with Gasteiger partial charge in [-0.05, 0) is 188 Å². The van der Waals surface area contributed by atoms with E-state index in [1.54, 1.807) is 6.92 Å². The van der Waals surface area contributed by atoms with E-state index < -0.39 is 42.3 Å². The first kappa shape index (κ1) is 62.2. The Morgan fingerprint density at radius 1 is 0.386 bits per heavy atom. The maximum Gasteiger partial charge on any atom is 0.340 e. The Morgan fingerprint density at radius 2 is 0.663 bits per heavy atom. The van der Waals surface area contributed by atoms with Crippen LogP contribution in [0.2, 0.25) is 0 Å². The summed E-state index contributed by atoms with van der Waals surface area (Å²) >= 11 is 5.67. The zero-order chi connectivity index (χ0) is 58.2. The third kappa shape index (κ3) is 14.4. The molecule has 0 aromatic carbocycles. The van der Waals surface area contributed by atoms with Crippen LogP contribution in [0.4, 0.5) is 0 Å². The van der Waals surface area contributed by atoms with Gasteiger partial charge in [-0.15, -0.1) is 0 Å². The van der Waals surface area contributed by atoms with Crippen molar-refractivity contribution in [1.82, 2.24) is 0 Å². The van der Waals surface area contributed by atoms with Gasteiger partial charge in [-0.1, -0.05) is 31.3 Å². The van der Waals surface area contributed by atoms with Gasteiger partial charge >= 0.3 is 17.9 Å². The van der Waals surface area contributed by atoms with E-state index in [1.807, 2.05) is 0 Å². The summed E-state index contributed by atoms with van der Waals surface area (Å²) in [5.74, 6) is 8.79. The maximum atomic E-state index is 11.8. The minimum Gasteiger partial charge on any atom is -0.454 e. The van der Waals surface area contributed by atoms with Gasteiger partial charge in [0, 0.05) is 16.7 Å². The van der Waals surface area contributed by atoms with Crippen LogP contribution in [0.15, 0.2) is 36.5 Å². The van der Waals surface area contributed by atoms with Crippen molar-refractivity contribution in [1.29, 1.82) is 0 Å². The van der Waals surface area contributed by atoms with Crippen LogP contribution in [0.1, 0.15) is 117 Å². The second-order valence-electron chi connectivity index (χ2n) is 27.4. The fraction of sp³-hybridized carbons (Fsp3) is 0.857. The van der Waals surface area contributed by atoms with Gasteiger partial charge in [0.15, 0.2) is 6.10 Å². The van der Waals surface area contributed by atoms with E-state index in [2.05, 4.69) is 24.5 Å². The summed E-state index contributed by atoms with van der Waals surface area (Å²) in [5.41, 5.74) is 0.771. The number of hydrogen-bond acceptors (Lipinski definition) is 19. The van der Waals surface area contributed by atoms with Crippen molar-refractivity contribution < 1.29 is 91.3 Å². The molecule has 12 saturated carbocycles. The average molecular weight is 1190 g/mol. The smallest absolute Gasteiger partial charge is 0.340 e. The van der Waals surface area contributed by atoms with E-state index in [0.717, 1.165) is 71.0 Å². The third-order valence-corrected chi connectivity index (χ3v) is 21.3. The molecule has 3 N–H and O–H groups in total. The second-order valence-corrected chi connectivity index (χ2v) is 27.6. The zero-order valence-corrected chi connectivity index (χ0v) is 49.7. The molecule has 18 rings (SSSR count). The molecule has 12 bridgehead atoms. The second kappa shape index (κ2) is 27.5. The minimum absolute atomic E-state index is 0.0982. The summed E-state index contributed by atoms with van der Waals surface area (Å²) in [5, 5.41) is 28.1. The molecule has 0 spiro atoms. The molecule has 20 heteroatoms. The van der Waals surface area contributed by atoms with E-state index in [4.69, 9.17) is 78.7 Å². The number of halogens is 1. The lowest BCUT2D eigenvalue weighted by atomic mass is 9.55. The lowest BCUT2D eigenvalue weighted by molar-refractivity contribution is -0.195. The summed E-state index contributed by atoms with van der Waals surface area (Å²) in [6.45, 7) is 17.6. The lowest BCUT2D eigenvalue weighted by Gasteiger charge is -2.53. The zero-order valence-electron chi connectivity index (χ0n) is 48.9. The number of esters is 3. The molecule has 0 aromatic heterocycles. The fourth-order valence-electron chi connectivity index (χ4n) is 18.1. The minimum atomic E-state index is -0.710. The predicted molar refractivity (Wildman–Crippen MR) is 298 cm³/mol. The SMILES string of the molecule is C=C(C)C(=O)OC(=O)C(=C)C.C=C(C)C(=O)O[C@@H]1CO[C@H]2[C@@H]1OC[C@H]2OCOC1C2CC3CC(C2)CC1C3.ClCOC1C2CC3CC(C2)CC1C3.O[C@@H]1CO[C@H]2[C@@H]1OC[C@H]2O.O[C@@H]1CO[C@H]2[C@@H]1OC[C@H]2OCOC1C2CC3CC(C2)CC1C3. The van der Waals surface area contributed by atoms with Crippen molar-refractivity contribution in [2.24, 2.45) is 71.0 Å². The van der Waals surface area contributed by atoms with Gasteiger partial charge in [-0.25, -0.2) is 14.4 Å². The van der Waals surface area contributed by atoms with Crippen LogP contribution in [-0.2, 0) is 76.0 Å². The quantitative estimate of drug-likeness (QED) is 0.0552. The van der Waals surface area contributed by atoms with Gasteiger partial charge in [-0.2, -0.15) is 0 Å². The molecule has 12 aliphatic carbocycles. The van der Waals surface area contributed by atoms with Crippen LogP contribution in [0.25, 0.3) is 0 Å². The first-order chi connectivity index (χ1) is 40.0. The molecule has 6 heterocycles. The number of aliphatic hydroxyl groups is 3. The molecule has 0 radical (unpaired) electrons. The normalized spacial score (nSPS) is 46.0. The molecule has 0 amide bonds. The van der Waals surface area contributed by atoms with E-state index in [9.17, 15) is 19.5 Å². The van der Waals surface area contributed by atoms with Gasteiger partial charge in [-0.3, -0.25) is 0 Å². The first-order valence-electron chi connectivity index (χ1n) is 31.3. The lowest BCUT2D eigenvalue weighted by Crippen LogP contribution is -2.49. The molecule has 12 atom stereocenters. The van der Waals surface area contributed by atoms with Gasteiger partial charge < -0.3 is 76.9 Å². The monoisotopic (exact) mass is 1190 g/mol. The average Bonchev–Trinajstić information content (AvgIpc) is 2.84. The van der Waals surface area contributed by atoms with E-state index in [0.29, 0.717) is 70.0 Å². The van der Waals surface area contributed by atoms with Gasteiger partial charge in [0.05, 0.1) is 58.0 Å². The fourth-order valence-corrected chi connectivity index (χ4v) is 18.3. The third-order valence-electron chi connectivity index (χ3n) is 21.2. The van der Waals surface area contributed by atoms with Gasteiger partial charge in [0.25, 0.3) is 0 Å². The Kier molecular flexibility index (Phi) is 20.6. The highest BCUT2D eigenvalue weighted by Gasteiger charge is 2.54. The van der Waals surface area contributed by atoms with Crippen molar-refractivity contribution in [2.75, 3.05) is 59.3 Å². The van der Waals surface area contributed by atoms with Crippen molar-refractivity contribution >= 4 is 29.5 Å². The van der Waals surface area contributed by atoms with Crippen molar-refractivity contribution in [2.45, 2.75) is 209 Å². The van der Waals surface area contributed by atoms with Crippen molar-refractivity contribution in [3.63, 3.8) is 0 Å². The molecule has 0 aromatic rings. The number of carbonyl (C=O) groups is 3. The van der Waals surface area contributed by atoms with Crippen LogP contribution in [0.5, 0.6) is 0 Å². The standard InChI is InChI=1S/C21H30O6.C17H26O5.C11H17ClO.C8H10O3.C6H10O4/c1-11(2)21(22)27-17-9-24-19-16(8-23-20(17)19)25-10-26-18-14-4-12-3-13(6-14)7-15(18)5-12;18-13-6-19-17-14(7-20-16(13)17)21-8-22-15-11-2-9-1-10(4-11)5-12(15)3-9;12-6-13-11-9-2-7-1-8(4-9)5-10(11)3-7;1-5(2)7(9)11-8(10)6(3)4;7-3-1-9-6-4(8)2-10-5(3)6/h12-20H,1,3-10H2,2H3;9-18H,1-8H2;7-11H,1-6H2;1,3H2,2,4H3;3-8H,1-2H2/t12?,13?,14?,15?,16-,17-,18?,19-,20-;9?,10?,11?,12?,13-,14-,15?,16-,17-;;;3-,4-,5-,6-/m11..1/s1. The van der Waals surface area contributed by atoms with E-state index in [-0.39, 0.29) is 73.2 Å². The van der Waals surface area contributed by atoms with Crippen LogP contribution in [0.3, 0.4) is 0 Å². The Bertz CT molecular complexity index is 2160. The van der Waals surface area contributed by atoms with Crippen LogP contribution in [0, 0.1) is 71.0 Å². The van der Waals surface area contributed by atoms with E-state index in [1.165, 1.54) is 110 Å². The van der Waals surface area contributed by atoms with E-state index >= 15 is 0 Å². The summed E-state index contributed by atoms with van der Waals surface area (Å²) in [6, 6.07) is 0.396. The Morgan fingerprint density at radius 3 is 1.01 bits per heavy atom. The Balaban J connectivity index is 0.000000115. The summed E-state index contributed by atoms with van der Waals surface area (Å²) < 4.78 is 72.6. The molecule has 18 aliphatic rings. The van der Waals surface area contributed by atoms with Crippen LogP contribution < -0.4 is 0 Å². The number of ether oxygens (including phenoxy) is 13. The summed E-state index contributed by atoms with van der Waals surface area (Å²) in [6.07, 6.45) is 18.6. The number of alkyl halides is 1. The predicted octanol–water partition coefficient (Wildman–Crippen LogP) is 6.52. The van der Waals surface area contributed by atoms with Crippen molar-refractivity contribution in [3.05, 3.63) is 36.5 Å². The molecule has 6 aliphatic heterocycles. The maximum absolute atomic E-state index is 11.8. The molecule has 466 valence electrons.